The van der Waals surface area contributed by atoms with Crippen LogP contribution in [-0.4, -0.2) is 149 Å². The van der Waals surface area contributed by atoms with Gasteiger partial charge in [-0.3, -0.25) is 33.6 Å². The van der Waals surface area contributed by atoms with Crippen LogP contribution in [0.3, 0.4) is 0 Å². The number of amides is 6. The first-order chi connectivity index (χ1) is 35.8. The maximum Gasteiger partial charge on any atom is 0.329 e. The number of likely N-dealkylation sites (N-methyl/N-ethyl adjacent to an activating group) is 2. The van der Waals surface area contributed by atoms with Crippen LogP contribution in [0, 0.1) is 35.5 Å². The zero-order valence-corrected chi connectivity index (χ0v) is 46.8. The number of nitrogens with zero attached hydrogens (tertiary/aromatic N) is 3. The second-order valence-corrected chi connectivity index (χ2v) is 21.8. The molecule has 0 aliphatic carbocycles. The van der Waals surface area contributed by atoms with Gasteiger partial charge in [-0.2, -0.15) is 0 Å². The van der Waals surface area contributed by atoms with E-state index < -0.39 is 138 Å². The molecule has 2 aromatic carbocycles. The monoisotopic (exact) mass is 1060 g/mol. The molecule has 19 heteroatoms. The molecular formula is C57H84N6O13. The standard InChI is InChI=1S/C57H84N6O13/c1-14-35(8)49-47(65)31-48(66)76-51(34(6)7)50(67)36(9)52(68)59-42(27-32(2)3)54(70)63-26-18-21-43(63)55(71)61(11)45(29-38-22-24-40(74-13)25-23-38)56(72)75-37(10)41(53(69)60-49)30-46(64)44(28-33(4)5)62(12)57(73)58-39-19-16-15-17-20-39/h15-17,19-20,22-25,32-37,41-45,47,49,51,65H,14,18,21,26-31H2,1-13H3,(H,58,73)(H,59,68)(H,60,69)/t35-,36-,37+,41-,42-,43-,44+,45-,47-,49+,51-/m0/s1. The number of ketones is 2. The Labute approximate surface area is 448 Å². The molecule has 420 valence electrons. The molecule has 2 aromatic rings. The molecule has 2 saturated heterocycles. The number of methoxy groups -OCH3 is 1. The summed E-state index contributed by atoms with van der Waals surface area (Å²) in [5.74, 6) is -9.57. The number of cyclic esters (lactones) is 2. The van der Waals surface area contributed by atoms with Gasteiger partial charge in [-0.25, -0.2) is 9.59 Å². The minimum Gasteiger partial charge on any atom is -0.497 e. The number of benzene rings is 2. The van der Waals surface area contributed by atoms with Crippen LogP contribution >= 0.6 is 0 Å². The zero-order valence-electron chi connectivity index (χ0n) is 46.8. The summed E-state index contributed by atoms with van der Waals surface area (Å²) in [5.41, 5.74) is 1.10. The molecule has 4 rings (SSSR count). The molecule has 0 spiro atoms. The van der Waals surface area contributed by atoms with E-state index in [1.54, 1.807) is 75.4 Å². The van der Waals surface area contributed by atoms with Crippen LogP contribution < -0.4 is 20.7 Å². The number of hydrogen-bond acceptors (Lipinski definition) is 13. The Morgan fingerprint density at radius 1 is 0.868 bits per heavy atom. The van der Waals surface area contributed by atoms with Crippen molar-refractivity contribution in [1.29, 1.82) is 0 Å². The smallest absolute Gasteiger partial charge is 0.329 e. The van der Waals surface area contributed by atoms with Crippen LogP contribution in [0.4, 0.5) is 10.5 Å². The Balaban J connectivity index is 1.88. The maximum absolute atomic E-state index is 15.0. The van der Waals surface area contributed by atoms with E-state index in [2.05, 4.69) is 16.0 Å². The summed E-state index contributed by atoms with van der Waals surface area (Å²) in [6.45, 7) is 17.3. The van der Waals surface area contributed by atoms with Crippen molar-refractivity contribution in [2.24, 2.45) is 35.5 Å². The number of urea groups is 1. The number of aliphatic hydroxyl groups excluding tert-OH is 1. The molecule has 0 saturated carbocycles. The average molecular weight is 1060 g/mol. The fourth-order valence-corrected chi connectivity index (χ4v) is 9.75. The third-order valence-electron chi connectivity index (χ3n) is 14.6. The lowest BCUT2D eigenvalue weighted by Gasteiger charge is -2.35. The number of fused-ring (bicyclic) bond motifs is 1. The number of Topliss-reactive ketones (excluding diaryl/α,β-unsaturated/α-hetero) is 2. The summed E-state index contributed by atoms with van der Waals surface area (Å²) < 4.78 is 17.3. The molecule has 19 nitrogen and oxygen atoms in total. The van der Waals surface area contributed by atoms with Gasteiger partial charge in [0.15, 0.2) is 17.7 Å². The van der Waals surface area contributed by atoms with Crippen molar-refractivity contribution in [3.8, 4) is 5.75 Å². The van der Waals surface area contributed by atoms with Crippen molar-refractivity contribution in [3.05, 3.63) is 60.2 Å². The molecule has 6 amide bonds. The van der Waals surface area contributed by atoms with E-state index in [0.29, 0.717) is 29.8 Å². The number of anilines is 1. The first-order valence-electron chi connectivity index (χ1n) is 26.8. The molecule has 0 unspecified atom stereocenters. The third kappa shape index (κ3) is 16.8. The van der Waals surface area contributed by atoms with Crippen LogP contribution in [-0.2, 0) is 54.3 Å². The van der Waals surface area contributed by atoms with Gasteiger partial charge in [0, 0.05) is 39.2 Å². The van der Waals surface area contributed by atoms with E-state index in [4.69, 9.17) is 14.2 Å². The fourth-order valence-electron chi connectivity index (χ4n) is 9.75. The largest absolute Gasteiger partial charge is 0.497 e. The molecule has 2 aliphatic heterocycles. The van der Waals surface area contributed by atoms with Crippen molar-refractivity contribution < 1.29 is 62.5 Å². The zero-order chi connectivity index (χ0) is 56.7. The molecular weight excluding hydrogens is 977 g/mol. The van der Waals surface area contributed by atoms with Gasteiger partial charge in [0.05, 0.1) is 43.6 Å². The number of ether oxygens (including phenoxy) is 3. The van der Waals surface area contributed by atoms with Gasteiger partial charge in [0.25, 0.3) is 0 Å². The topological polar surface area (TPSA) is 247 Å². The van der Waals surface area contributed by atoms with E-state index in [1.807, 2.05) is 34.6 Å². The molecule has 2 heterocycles. The summed E-state index contributed by atoms with van der Waals surface area (Å²) in [6.07, 6.45) is -4.31. The Bertz CT molecular complexity index is 2330. The van der Waals surface area contributed by atoms with Crippen molar-refractivity contribution >= 4 is 58.9 Å². The quantitative estimate of drug-likeness (QED) is 0.123. The molecule has 11 atom stereocenters. The van der Waals surface area contributed by atoms with E-state index in [-0.39, 0.29) is 44.1 Å². The van der Waals surface area contributed by atoms with Crippen LogP contribution in [0.2, 0.25) is 0 Å². The van der Waals surface area contributed by atoms with Crippen molar-refractivity contribution in [2.75, 3.05) is 33.1 Å². The minimum absolute atomic E-state index is 0.0836. The Kier molecular flexibility index (Phi) is 23.5. The molecule has 4 N–H and O–H groups in total. The highest BCUT2D eigenvalue weighted by Crippen LogP contribution is 2.28. The lowest BCUT2D eigenvalue weighted by Crippen LogP contribution is -2.57. The SMILES string of the molecule is CC[C@H](C)[C@H]1NC(=O)[C@@H](CC(=O)[C@@H](CC(C)C)N(C)C(=O)Nc2ccccc2)[C@@H](C)OC(=O)[C@H](Cc2ccc(OC)cc2)N(C)C(=O)[C@@H]2CCCN2C(=O)[C@H](CC(C)C)NC(=O)[C@@H](C)C(=O)[C@H](C(C)C)OC(=O)C[C@@H]1O. The summed E-state index contributed by atoms with van der Waals surface area (Å²) in [6, 6.07) is 9.17. The predicted octanol–water partition coefficient (Wildman–Crippen LogP) is 5.74. The van der Waals surface area contributed by atoms with Crippen LogP contribution in [0.5, 0.6) is 5.75 Å². The molecule has 76 heavy (non-hydrogen) atoms. The lowest BCUT2D eigenvalue weighted by molar-refractivity contribution is -0.164. The van der Waals surface area contributed by atoms with Crippen LogP contribution in [0.1, 0.15) is 120 Å². The van der Waals surface area contributed by atoms with E-state index in [9.17, 15) is 48.3 Å². The van der Waals surface area contributed by atoms with E-state index >= 15 is 0 Å². The Morgan fingerprint density at radius 3 is 2.09 bits per heavy atom. The van der Waals surface area contributed by atoms with Gasteiger partial charge in [-0.1, -0.05) is 92.1 Å². The fraction of sp³-hybridized carbons (Fsp3) is 0.632. The van der Waals surface area contributed by atoms with E-state index in [1.165, 1.54) is 49.8 Å². The van der Waals surface area contributed by atoms with Gasteiger partial charge in [-0.15, -0.1) is 0 Å². The van der Waals surface area contributed by atoms with Gasteiger partial charge >= 0.3 is 18.0 Å². The first-order valence-corrected chi connectivity index (χ1v) is 26.8. The van der Waals surface area contributed by atoms with Crippen molar-refractivity contribution in [1.82, 2.24) is 25.3 Å². The Hall–Kier alpha value is -6.37. The highest BCUT2D eigenvalue weighted by Gasteiger charge is 2.45. The van der Waals surface area contributed by atoms with E-state index in [0.717, 1.165) is 0 Å². The third-order valence-corrected chi connectivity index (χ3v) is 14.6. The van der Waals surface area contributed by atoms with Gasteiger partial charge in [0.1, 0.15) is 30.0 Å². The molecule has 0 bridgehead atoms. The van der Waals surface area contributed by atoms with Gasteiger partial charge in [0.2, 0.25) is 23.6 Å². The normalized spacial score (nSPS) is 25.8. The number of hydrogen-bond donors (Lipinski definition) is 4. The van der Waals surface area contributed by atoms with Crippen molar-refractivity contribution in [2.45, 2.75) is 169 Å². The number of esters is 2. The van der Waals surface area contributed by atoms with Crippen molar-refractivity contribution in [3.63, 3.8) is 0 Å². The summed E-state index contributed by atoms with van der Waals surface area (Å²) in [4.78, 5) is 134. The number of carbonyl (C=O) groups excluding carboxylic acids is 9. The predicted molar refractivity (Wildman–Crippen MR) is 285 cm³/mol. The Morgan fingerprint density at radius 2 is 1.51 bits per heavy atom. The number of para-hydroxylation sites is 1. The average Bonchev–Trinajstić information content (AvgIpc) is 3.87. The highest BCUT2D eigenvalue weighted by molar-refractivity contribution is 6.05. The first kappa shape index (κ1) is 62.2. The molecule has 2 aliphatic rings. The summed E-state index contributed by atoms with van der Waals surface area (Å²) in [5, 5.41) is 20.2. The lowest BCUT2D eigenvalue weighted by atomic mass is 9.87. The summed E-state index contributed by atoms with van der Waals surface area (Å²) >= 11 is 0. The molecule has 0 radical (unpaired) electrons. The minimum atomic E-state index is -1.60. The van der Waals surface area contributed by atoms with Crippen LogP contribution in [0.25, 0.3) is 0 Å². The number of nitrogens with one attached hydrogen (secondary N) is 3. The van der Waals surface area contributed by atoms with Crippen LogP contribution in [0.15, 0.2) is 54.6 Å². The second-order valence-electron chi connectivity index (χ2n) is 21.8. The molecule has 2 fully saturated rings. The number of rotatable bonds is 15. The molecule has 0 aromatic heterocycles. The number of aliphatic hydroxyl groups is 1. The maximum atomic E-state index is 15.0. The van der Waals surface area contributed by atoms with Gasteiger partial charge in [-0.05, 0) is 93.0 Å². The number of carbonyl (C=O) groups is 9. The highest BCUT2D eigenvalue weighted by atomic mass is 16.6. The second kappa shape index (κ2) is 28.7. The summed E-state index contributed by atoms with van der Waals surface area (Å²) in [7, 11) is 4.42. The van der Waals surface area contributed by atoms with Gasteiger partial charge < -0.3 is 50.0 Å².